The molecule has 0 fully saturated rings. The van der Waals surface area contributed by atoms with Gasteiger partial charge in [0, 0.05) is 6.54 Å². The highest BCUT2D eigenvalue weighted by molar-refractivity contribution is 5.99. The van der Waals surface area contributed by atoms with E-state index in [1.807, 2.05) is 48.5 Å². The summed E-state index contributed by atoms with van der Waals surface area (Å²) < 4.78 is 10.1. The lowest BCUT2D eigenvalue weighted by Gasteiger charge is -2.09. The number of hydrogen-bond acceptors (Lipinski definition) is 5. The number of carbonyl (C=O) groups excluding carboxylic acids is 2. The van der Waals surface area contributed by atoms with Gasteiger partial charge in [-0.2, -0.15) is 0 Å². The van der Waals surface area contributed by atoms with Crippen LogP contribution < -0.4 is 10.1 Å². The number of benzene rings is 3. The molecular formula is C22H21NO5. The second kappa shape index (κ2) is 8.90. The highest BCUT2D eigenvalue weighted by atomic mass is 16.5. The zero-order valence-electron chi connectivity index (χ0n) is 15.5. The van der Waals surface area contributed by atoms with Gasteiger partial charge in [-0.1, -0.05) is 36.4 Å². The van der Waals surface area contributed by atoms with Crippen LogP contribution in [0.3, 0.4) is 0 Å². The Bertz CT molecular complexity index is 982. The normalized spacial score (nSPS) is 10.5. The van der Waals surface area contributed by atoms with E-state index in [0.717, 1.165) is 22.1 Å². The zero-order chi connectivity index (χ0) is 19.9. The summed E-state index contributed by atoms with van der Waals surface area (Å²) in [6.45, 7) is 0.0116. The Labute approximate surface area is 162 Å². The third kappa shape index (κ3) is 4.79. The molecule has 0 heterocycles. The molecule has 0 unspecified atom stereocenters. The van der Waals surface area contributed by atoms with Gasteiger partial charge >= 0.3 is 5.97 Å². The summed E-state index contributed by atoms with van der Waals surface area (Å²) in [4.78, 5) is 24.1. The largest absolute Gasteiger partial charge is 0.507 e. The van der Waals surface area contributed by atoms with E-state index in [1.54, 1.807) is 13.2 Å². The van der Waals surface area contributed by atoms with Gasteiger partial charge in [0.05, 0.1) is 7.11 Å². The first-order valence-electron chi connectivity index (χ1n) is 8.85. The molecule has 0 aliphatic heterocycles. The Balaban J connectivity index is 1.48. The van der Waals surface area contributed by atoms with Gasteiger partial charge in [0.15, 0.2) is 6.61 Å². The van der Waals surface area contributed by atoms with Gasteiger partial charge < -0.3 is 19.9 Å². The highest BCUT2D eigenvalue weighted by Crippen LogP contribution is 2.25. The molecule has 3 aromatic carbocycles. The summed E-state index contributed by atoms with van der Waals surface area (Å²) in [6.07, 6.45) is 0.648. The fourth-order valence-corrected chi connectivity index (χ4v) is 2.79. The number of phenols is 1. The second-order valence-electron chi connectivity index (χ2n) is 6.24. The van der Waals surface area contributed by atoms with Crippen molar-refractivity contribution in [2.45, 2.75) is 6.42 Å². The van der Waals surface area contributed by atoms with Crippen molar-refractivity contribution in [2.75, 3.05) is 20.3 Å². The number of aromatic hydroxyl groups is 1. The minimum absolute atomic E-state index is 0.0322. The van der Waals surface area contributed by atoms with Gasteiger partial charge in [0.25, 0.3) is 5.91 Å². The second-order valence-corrected chi connectivity index (χ2v) is 6.24. The molecule has 28 heavy (non-hydrogen) atoms. The molecule has 0 bridgehead atoms. The number of carbonyl (C=O) groups is 2. The van der Waals surface area contributed by atoms with Crippen molar-refractivity contribution < 1.29 is 24.2 Å². The molecule has 0 aromatic heterocycles. The van der Waals surface area contributed by atoms with Crippen LogP contribution >= 0.6 is 0 Å². The lowest BCUT2D eigenvalue weighted by Crippen LogP contribution is -2.30. The first kappa shape index (κ1) is 19.2. The molecule has 144 valence electrons. The van der Waals surface area contributed by atoms with Crippen LogP contribution in [0.1, 0.15) is 15.9 Å². The average molecular weight is 379 g/mol. The SMILES string of the molecule is COc1ccc(CCNC(=O)COC(=O)c2cc3ccccc3cc2O)cc1. The van der Waals surface area contributed by atoms with E-state index in [4.69, 9.17) is 9.47 Å². The summed E-state index contributed by atoms with van der Waals surface area (Å²) >= 11 is 0. The van der Waals surface area contributed by atoms with Crippen molar-refractivity contribution in [3.05, 3.63) is 71.8 Å². The Morgan fingerprint density at radius 1 is 1.00 bits per heavy atom. The van der Waals surface area contributed by atoms with E-state index in [2.05, 4.69) is 5.32 Å². The first-order chi connectivity index (χ1) is 13.6. The maximum absolute atomic E-state index is 12.2. The molecule has 3 rings (SSSR count). The molecule has 0 aliphatic rings. The quantitative estimate of drug-likeness (QED) is 0.617. The molecule has 2 N–H and O–H groups in total. The van der Waals surface area contributed by atoms with Crippen LogP contribution in [0.25, 0.3) is 10.8 Å². The molecule has 0 aliphatic carbocycles. The average Bonchev–Trinajstić information content (AvgIpc) is 2.72. The van der Waals surface area contributed by atoms with Gasteiger partial charge in [-0.25, -0.2) is 4.79 Å². The van der Waals surface area contributed by atoms with Crippen LogP contribution in [0.4, 0.5) is 0 Å². The van der Waals surface area contributed by atoms with Gasteiger partial charge in [-0.15, -0.1) is 0 Å². The monoisotopic (exact) mass is 379 g/mol. The fourth-order valence-electron chi connectivity index (χ4n) is 2.79. The van der Waals surface area contributed by atoms with Crippen LogP contribution in [0.5, 0.6) is 11.5 Å². The highest BCUT2D eigenvalue weighted by Gasteiger charge is 2.15. The summed E-state index contributed by atoms with van der Waals surface area (Å²) in [7, 11) is 1.61. The Morgan fingerprint density at radius 2 is 1.68 bits per heavy atom. The Morgan fingerprint density at radius 3 is 2.36 bits per heavy atom. The van der Waals surface area contributed by atoms with E-state index in [-0.39, 0.29) is 11.3 Å². The molecule has 1 amide bonds. The van der Waals surface area contributed by atoms with Crippen LogP contribution in [0.2, 0.25) is 0 Å². The molecule has 6 heteroatoms. The van der Waals surface area contributed by atoms with Crippen molar-refractivity contribution in [1.82, 2.24) is 5.32 Å². The third-order valence-corrected chi connectivity index (χ3v) is 4.31. The van der Waals surface area contributed by atoms with Crippen molar-refractivity contribution in [3.63, 3.8) is 0 Å². The predicted octanol–water partition coefficient (Wildman–Crippen LogP) is 3.07. The molecule has 0 radical (unpaired) electrons. The number of hydrogen-bond donors (Lipinski definition) is 2. The topological polar surface area (TPSA) is 84.9 Å². The maximum Gasteiger partial charge on any atom is 0.342 e. The molecule has 6 nitrogen and oxygen atoms in total. The van der Waals surface area contributed by atoms with E-state index in [9.17, 15) is 14.7 Å². The molecule has 0 saturated heterocycles. The summed E-state index contributed by atoms with van der Waals surface area (Å²) in [5, 5.41) is 14.4. The van der Waals surface area contributed by atoms with Crippen molar-refractivity contribution >= 4 is 22.6 Å². The summed E-state index contributed by atoms with van der Waals surface area (Å²) in [6, 6.07) is 18.0. The Kier molecular flexibility index (Phi) is 6.11. The number of amides is 1. The number of rotatable bonds is 7. The number of methoxy groups -OCH3 is 1. The lowest BCUT2D eigenvalue weighted by molar-refractivity contribution is -0.124. The van der Waals surface area contributed by atoms with Gasteiger partial charge in [-0.05, 0) is 47.0 Å². The van der Waals surface area contributed by atoms with Crippen LogP contribution in [-0.4, -0.2) is 37.2 Å². The number of nitrogens with one attached hydrogen (secondary N) is 1. The van der Waals surface area contributed by atoms with Crippen molar-refractivity contribution in [2.24, 2.45) is 0 Å². The first-order valence-corrected chi connectivity index (χ1v) is 8.85. The standard InChI is InChI=1S/C22H21NO5/c1-27-18-8-6-15(7-9-18)10-11-23-21(25)14-28-22(26)19-12-16-4-2-3-5-17(16)13-20(19)24/h2-9,12-13,24H,10-11,14H2,1H3,(H,23,25). The van der Waals surface area contributed by atoms with E-state index < -0.39 is 18.5 Å². The molecule has 3 aromatic rings. The van der Waals surface area contributed by atoms with Crippen LogP contribution in [0.15, 0.2) is 60.7 Å². The zero-order valence-corrected chi connectivity index (χ0v) is 15.5. The molecular weight excluding hydrogens is 358 g/mol. The van der Waals surface area contributed by atoms with Crippen molar-refractivity contribution in [1.29, 1.82) is 0 Å². The summed E-state index contributed by atoms with van der Waals surface area (Å²) in [5.41, 5.74) is 1.09. The van der Waals surface area contributed by atoms with Gasteiger partial charge in [-0.3, -0.25) is 4.79 Å². The van der Waals surface area contributed by atoms with Crippen molar-refractivity contribution in [3.8, 4) is 11.5 Å². The van der Waals surface area contributed by atoms with Crippen LogP contribution in [0, 0.1) is 0 Å². The minimum Gasteiger partial charge on any atom is -0.507 e. The lowest BCUT2D eigenvalue weighted by atomic mass is 10.1. The smallest absolute Gasteiger partial charge is 0.342 e. The van der Waals surface area contributed by atoms with Gasteiger partial charge in [0.1, 0.15) is 17.1 Å². The number of phenolic OH excluding ortho intramolecular Hbond substituents is 1. The Hall–Kier alpha value is -3.54. The van der Waals surface area contributed by atoms with E-state index in [1.165, 1.54) is 6.07 Å². The fraction of sp³-hybridized carbons (Fsp3) is 0.182. The third-order valence-electron chi connectivity index (χ3n) is 4.31. The maximum atomic E-state index is 12.2. The number of esters is 1. The van der Waals surface area contributed by atoms with E-state index >= 15 is 0 Å². The molecule has 0 spiro atoms. The molecule has 0 atom stereocenters. The number of fused-ring (bicyclic) bond motifs is 1. The predicted molar refractivity (Wildman–Crippen MR) is 106 cm³/mol. The van der Waals surface area contributed by atoms with Crippen LogP contribution in [-0.2, 0) is 16.0 Å². The number of ether oxygens (including phenoxy) is 2. The molecule has 0 saturated carbocycles. The van der Waals surface area contributed by atoms with Gasteiger partial charge in [0.2, 0.25) is 0 Å². The van der Waals surface area contributed by atoms with E-state index in [0.29, 0.717) is 13.0 Å². The summed E-state index contributed by atoms with van der Waals surface area (Å²) in [5.74, 6) is -0.545. The minimum atomic E-state index is -0.742.